The van der Waals surface area contributed by atoms with E-state index in [1.54, 1.807) is 30.3 Å². The van der Waals surface area contributed by atoms with E-state index in [4.69, 9.17) is 10.2 Å². The van der Waals surface area contributed by atoms with Crippen LogP contribution in [0.2, 0.25) is 0 Å². The molecule has 2 rings (SSSR count). The summed E-state index contributed by atoms with van der Waals surface area (Å²) in [5.74, 6) is -0.792. The van der Waals surface area contributed by atoms with Gasteiger partial charge < -0.3 is 15.5 Å². The highest BCUT2D eigenvalue weighted by molar-refractivity contribution is 5.99. The predicted molar refractivity (Wildman–Crippen MR) is 89.2 cm³/mol. The maximum atomic E-state index is 11.7. The molecular formula is C18H26NO4+. The number of benzene rings is 1. The molecule has 0 saturated carbocycles. The number of ketones is 1. The number of rotatable bonds is 4. The van der Waals surface area contributed by atoms with E-state index in [9.17, 15) is 9.59 Å². The fourth-order valence-corrected chi connectivity index (χ4v) is 2.49. The molecule has 23 heavy (non-hydrogen) atoms. The number of nitrogens with two attached hydrogens (primary N) is 1. The molecule has 126 valence electrons. The lowest BCUT2D eigenvalue weighted by Crippen LogP contribution is -2.80. The molecule has 0 atom stereocenters. The van der Waals surface area contributed by atoms with E-state index in [0.717, 1.165) is 24.1 Å². The number of allylic oxidation sites excluding steroid dienone is 2. The third kappa shape index (κ3) is 6.34. The standard InChI is InChI=1S/C15H16O3.C3H9NO/c1-15(2)8-12(7-13(16)9-15)10-3-5-11(6-4-10)14(17)18;1-4-2-3-5/h3-7H,8-9H2,1-2H3,(H,17,18);4-5H,2-3H2,1H3/p+1. The molecule has 4 N–H and O–H groups in total. The van der Waals surface area contributed by atoms with Gasteiger partial charge in [-0.15, -0.1) is 0 Å². The van der Waals surface area contributed by atoms with Gasteiger partial charge in [0.05, 0.1) is 25.8 Å². The zero-order chi connectivity index (χ0) is 17.5. The second-order valence-corrected chi connectivity index (χ2v) is 6.46. The quantitative estimate of drug-likeness (QED) is 0.780. The van der Waals surface area contributed by atoms with Gasteiger partial charge in [0.15, 0.2) is 5.78 Å². The summed E-state index contributed by atoms with van der Waals surface area (Å²) >= 11 is 0. The molecule has 0 fully saturated rings. The molecule has 0 aliphatic heterocycles. The average Bonchev–Trinajstić information content (AvgIpc) is 2.47. The zero-order valence-corrected chi connectivity index (χ0v) is 14.0. The Morgan fingerprint density at radius 1 is 1.22 bits per heavy atom. The Labute approximate surface area is 137 Å². The Kier molecular flexibility index (Phi) is 7.13. The van der Waals surface area contributed by atoms with Crippen molar-refractivity contribution in [1.82, 2.24) is 0 Å². The van der Waals surface area contributed by atoms with Crippen LogP contribution in [-0.4, -0.2) is 42.2 Å². The van der Waals surface area contributed by atoms with Crippen LogP contribution < -0.4 is 5.32 Å². The topological polar surface area (TPSA) is 91.2 Å². The number of carboxylic acid groups (broad SMARTS) is 1. The molecule has 0 heterocycles. The van der Waals surface area contributed by atoms with Gasteiger partial charge in [-0.25, -0.2) is 4.79 Å². The molecule has 1 aromatic carbocycles. The summed E-state index contributed by atoms with van der Waals surface area (Å²) < 4.78 is 0. The van der Waals surface area contributed by atoms with E-state index in [2.05, 4.69) is 13.8 Å². The fourth-order valence-electron chi connectivity index (χ4n) is 2.49. The van der Waals surface area contributed by atoms with Gasteiger partial charge in [0.2, 0.25) is 0 Å². The Morgan fingerprint density at radius 3 is 2.22 bits per heavy atom. The molecular weight excluding hydrogens is 294 g/mol. The van der Waals surface area contributed by atoms with Crippen LogP contribution in [0.3, 0.4) is 0 Å². The first-order valence-corrected chi connectivity index (χ1v) is 7.75. The van der Waals surface area contributed by atoms with Crippen LogP contribution in [-0.2, 0) is 4.79 Å². The van der Waals surface area contributed by atoms with Crippen molar-refractivity contribution in [1.29, 1.82) is 0 Å². The van der Waals surface area contributed by atoms with Crippen molar-refractivity contribution < 1.29 is 25.1 Å². The van der Waals surface area contributed by atoms with Crippen LogP contribution in [0.1, 0.15) is 42.6 Å². The van der Waals surface area contributed by atoms with Gasteiger partial charge in [-0.2, -0.15) is 0 Å². The number of carbonyl (C=O) groups is 2. The Balaban J connectivity index is 0.000000463. The minimum Gasteiger partial charge on any atom is -0.478 e. The monoisotopic (exact) mass is 320 g/mol. The van der Waals surface area contributed by atoms with E-state index in [1.165, 1.54) is 0 Å². The van der Waals surface area contributed by atoms with E-state index in [0.29, 0.717) is 6.42 Å². The van der Waals surface area contributed by atoms with Crippen LogP contribution in [0.5, 0.6) is 0 Å². The van der Waals surface area contributed by atoms with Crippen molar-refractivity contribution in [2.24, 2.45) is 5.41 Å². The second kappa shape index (κ2) is 8.60. The number of hydrogen-bond donors (Lipinski definition) is 3. The van der Waals surface area contributed by atoms with Gasteiger partial charge in [0.25, 0.3) is 0 Å². The van der Waals surface area contributed by atoms with Crippen molar-refractivity contribution in [2.75, 3.05) is 20.2 Å². The molecule has 0 saturated heterocycles. The maximum absolute atomic E-state index is 11.7. The Hall–Kier alpha value is -1.98. The smallest absolute Gasteiger partial charge is 0.335 e. The summed E-state index contributed by atoms with van der Waals surface area (Å²) in [6.45, 7) is 5.25. The molecule has 0 spiro atoms. The molecule has 0 amide bonds. The lowest BCUT2D eigenvalue weighted by molar-refractivity contribution is -0.628. The van der Waals surface area contributed by atoms with Gasteiger partial charge in [0, 0.05) is 6.42 Å². The SMILES string of the molecule is CC1(C)CC(=O)C=C(c2ccc(C(=O)O)cc2)C1.C[NH2+]CCO. The van der Waals surface area contributed by atoms with Gasteiger partial charge in [-0.3, -0.25) is 4.79 Å². The van der Waals surface area contributed by atoms with Gasteiger partial charge in [-0.1, -0.05) is 26.0 Å². The average molecular weight is 320 g/mol. The number of aromatic carboxylic acids is 1. The van der Waals surface area contributed by atoms with Crippen molar-refractivity contribution in [3.63, 3.8) is 0 Å². The first kappa shape index (κ1) is 19.1. The molecule has 5 heteroatoms. The molecule has 5 nitrogen and oxygen atoms in total. The lowest BCUT2D eigenvalue weighted by Gasteiger charge is -2.29. The van der Waals surface area contributed by atoms with Crippen LogP contribution >= 0.6 is 0 Å². The summed E-state index contributed by atoms with van der Waals surface area (Å²) in [6, 6.07) is 6.68. The Bertz CT molecular complexity index is 571. The minimum absolute atomic E-state index is 0.0212. The number of quaternary nitrogens is 1. The van der Waals surface area contributed by atoms with Gasteiger partial charge in [0.1, 0.15) is 0 Å². The maximum Gasteiger partial charge on any atom is 0.335 e. The van der Waals surface area contributed by atoms with E-state index < -0.39 is 5.97 Å². The highest BCUT2D eigenvalue weighted by atomic mass is 16.4. The van der Waals surface area contributed by atoms with Crippen molar-refractivity contribution in [2.45, 2.75) is 26.7 Å². The molecule has 1 aliphatic carbocycles. The molecule has 0 aromatic heterocycles. The number of hydrogen-bond acceptors (Lipinski definition) is 3. The van der Waals surface area contributed by atoms with E-state index >= 15 is 0 Å². The number of aliphatic hydroxyl groups is 1. The summed E-state index contributed by atoms with van der Waals surface area (Å²) in [4.78, 5) is 22.4. The highest BCUT2D eigenvalue weighted by Crippen LogP contribution is 2.37. The third-order valence-electron chi connectivity index (χ3n) is 3.58. The highest BCUT2D eigenvalue weighted by Gasteiger charge is 2.27. The van der Waals surface area contributed by atoms with E-state index in [-0.39, 0.29) is 23.4 Å². The number of carbonyl (C=O) groups excluding carboxylic acids is 1. The zero-order valence-electron chi connectivity index (χ0n) is 14.0. The lowest BCUT2D eigenvalue weighted by atomic mass is 9.75. The first-order chi connectivity index (χ1) is 10.8. The Morgan fingerprint density at radius 2 is 1.83 bits per heavy atom. The first-order valence-electron chi connectivity index (χ1n) is 7.75. The van der Waals surface area contributed by atoms with Crippen LogP contribution in [0, 0.1) is 5.41 Å². The number of aliphatic hydroxyl groups excluding tert-OH is 1. The summed E-state index contributed by atoms with van der Waals surface area (Å²) in [5, 5.41) is 18.8. The largest absolute Gasteiger partial charge is 0.478 e. The van der Waals surface area contributed by atoms with Gasteiger partial charge in [-0.05, 0) is 41.2 Å². The summed E-state index contributed by atoms with van der Waals surface area (Å²) in [5.41, 5.74) is 2.17. The molecule has 1 aromatic rings. The second-order valence-electron chi connectivity index (χ2n) is 6.46. The molecule has 0 radical (unpaired) electrons. The van der Waals surface area contributed by atoms with E-state index in [1.807, 2.05) is 12.4 Å². The normalized spacial score (nSPS) is 16.2. The molecule has 0 unspecified atom stereocenters. The van der Waals surface area contributed by atoms with Crippen molar-refractivity contribution in [3.8, 4) is 0 Å². The van der Waals surface area contributed by atoms with Gasteiger partial charge >= 0.3 is 5.97 Å². The van der Waals surface area contributed by atoms with Crippen molar-refractivity contribution >= 4 is 17.3 Å². The third-order valence-corrected chi connectivity index (χ3v) is 3.58. The van der Waals surface area contributed by atoms with Crippen molar-refractivity contribution in [3.05, 3.63) is 41.5 Å². The van der Waals surface area contributed by atoms with Crippen LogP contribution in [0.15, 0.2) is 30.3 Å². The molecule has 1 aliphatic rings. The fraction of sp³-hybridized carbons (Fsp3) is 0.444. The number of carboxylic acids is 1. The number of likely N-dealkylation sites (N-methyl/N-ethyl adjacent to an activating group) is 1. The molecule has 0 bridgehead atoms. The van der Waals surface area contributed by atoms with Crippen LogP contribution in [0.4, 0.5) is 0 Å². The predicted octanol–water partition coefficient (Wildman–Crippen LogP) is 1.33. The minimum atomic E-state index is -0.935. The summed E-state index contributed by atoms with van der Waals surface area (Å²) in [6.07, 6.45) is 3.09. The summed E-state index contributed by atoms with van der Waals surface area (Å²) in [7, 11) is 1.93. The van der Waals surface area contributed by atoms with Crippen LogP contribution in [0.25, 0.3) is 5.57 Å².